The molecule has 2 aliphatic heterocycles. The molecule has 2 fully saturated rings. The fourth-order valence-electron chi connectivity index (χ4n) is 3.21. The molecule has 3 atom stereocenters. The zero-order valence-corrected chi connectivity index (χ0v) is 14.6. The molecule has 2 heterocycles. The Bertz CT molecular complexity index is 403. The Morgan fingerprint density at radius 3 is 2.86 bits per heavy atom. The normalized spacial score (nSPS) is 27.0. The summed E-state index contributed by atoms with van der Waals surface area (Å²) in [6.07, 6.45) is 4.58. The van der Waals surface area contributed by atoms with E-state index in [4.69, 9.17) is 5.73 Å². The van der Waals surface area contributed by atoms with Gasteiger partial charge in [0.25, 0.3) is 0 Å². The molecule has 3 unspecified atom stereocenters. The summed E-state index contributed by atoms with van der Waals surface area (Å²) in [5.74, 6) is 2.03. The van der Waals surface area contributed by atoms with Gasteiger partial charge in [0.05, 0.1) is 5.88 Å². The third kappa shape index (κ3) is 4.16. The van der Waals surface area contributed by atoms with Gasteiger partial charge in [-0.25, -0.2) is 0 Å². The molecule has 0 saturated carbocycles. The number of nitrogens with zero attached hydrogens (tertiary/aromatic N) is 2. The molecule has 0 aromatic heterocycles. The number of thioether (sulfide) groups is 1. The second-order valence-electron chi connectivity index (χ2n) is 6.53. The van der Waals surface area contributed by atoms with Crippen LogP contribution in [0.3, 0.4) is 0 Å². The average Bonchev–Trinajstić information content (AvgIpc) is 3.01. The molecule has 0 radical (unpaired) electrons. The lowest BCUT2D eigenvalue weighted by atomic mass is 9.92. The molecule has 5 nitrogen and oxygen atoms in total. The molecule has 0 spiro atoms. The maximum atomic E-state index is 12.8. The van der Waals surface area contributed by atoms with Crippen LogP contribution in [0.15, 0.2) is 0 Å². The summed E-state index contributed by atoms with van der Waals surface area (Å²) >= 11 is 1.68. The van der Waals surface area contributed by atoms with Crippen LogP contribution >= 0.6 is 11.8 Å². The fraction of sp³-hybridized carbons (Fsp3) is 0.875. The van der Waals surface area contributed by atoms with Crippen molar-refractivity contribution in [1.82, 2.24) is 9.80 Å². The summed E-state index contributed by atoms with van der Waals surface area (Å²) in [7, 11) is 0. The number of hydrogen-bond acceptors (Lipinski definition) is 4. The van der Waals surface area contributed by atoms with Gasteiger partial charge in [0.15, 0.2) is 0 Å². The number of piperidine rings is 1. The van der Waals surface area contributed by atoms with Gasteiger partial charge < -0.3 is 15.5 Å². The van der Waals surface area contributed by atoms with Gasteiger partial charge in [0, 0.05) is 31.3 Å². The van der Waals surface area contributed by atoms with E-state index in [1.807, 2.05) is 11.8 Å². The third-order valence-electron chi connectivity index (χ3n) is 4.75. The van der Waals surface area contributed by atoms with Crippen LogP contribution in [-0.4, -0.2) is 58.4 Å². The molecule has 2 rings (SSSR count). The van der Waals surface area contributed by atoms with E-state index in [1.165, 1.54) is 0 Å². The molecular weight excluding hydrogens is 298 g/mol. The number of hydrogen-bond donors (Lipinski definition) is 1. The highest BCUT2D eigenvalue weighted by atomic mass is 32.2. The predicted octanol–water partition coefficient (Wildman–Crippen LogP) is 1.66. The Labute approximate surface area is 138 Å². The standard InChI is InChI=1S/C16H29N3O2S/c1-3-4-7-15(20)19-11-22-10-14(19)16(21)18-8-5-6-13(9-18)12(2)17/h12-14H,3-11,17H2,1-2H3. The molecule has 0 aliphatic carbocycles. The van der Waals surface area contributed by atoms with Crippen LogP contribution in [0.4, 0.5) is 0 Å². The van der Waals surface area contributed by atoms with Gasteiger partial charge in [0.1, 0.15) is 6.04 Å². The van der Waals surface area contributed by atoms with Crippen molar-refractivity contribution in [2.24, 2.45) is 11.7 Å². The summed E-state index contributed by atoms with van der Waals surface area (Å²) in [6.45, 7) is 5.65. The van der Waals surface area contributed by atoms with Crippen LogP contribution in [0.1, 0.15) is 46.0 Å². The van der Waals surface area contributed by atoms with E-state index in [9.17, 15) is 9.59 Å². The number of carbonyl (C=O) groups is 2. The van der Waals surface area contributed by atoms with E-state index in [-0.39, 0.29) is 23.9 Å². The van der Waals surface area contributed by atoms with Crippen LogP contribution < -0.4 is 5.73 Å². The molecule has 2 saturated heterocycles. The third-order valence-corrected chi connectivity index (χ3v) is 5.76. The maximum absolute atomic E-state index is 12.8. The van der Waals surface area contributed by atoms with E-state index < -0.39 is 0 Å². The lowest BCUT2D eigenvalue weighted by molar-refractivity contribution is -0.144. The van der Waals surface area contributed by atoms with Gasteiger partial charge in [0.2, 0.25) is 11.8 Å². The van der Waals surface area contributed by atoms with Crippen molar-refractivity contribution in [2.45, 2.75) is 58.0 Å². The molecule has 0 bridgehead atoms. The number of amides is 2. The van der Waals surface area contributed by atoms with Gasteiger partial charge in [-0.05, 0) is 32.1 Å². The van der Waals surface area contributed by atoms with Crippen LogP contribution in [0, 0.1) is 5.92 Å². The minimum absolute atomic E-state index is 0.121. The second-order valence-corrected chi connectivity index (χ2v) is 7.53. The zero-order chi connectivity index (χ0) is 16.1. The summed E-state index contributed by atoms with van der Waals surface area (Å²) in [5.41, 5.74) is 6.01. The summed E-state index contributed by atoms with van der Waals surface area (Å²) in [5, 5.41) is 0. The SMILES string of the molecule is CCCCC(=O)N1CSCC1C(=O)N1CCCC(C(C)N)C1. The molecule has 2 aliphatic rings. The largest absolute Gasteiger partial charge is 0.341 e. The number of carbonyl (C=O) groups excluding carboxylic acids is 2. The number of likely N-dealkylation sites (tertiary alicyclic amines) is 1. The highest BCUT2D eigenvalue weighted by molar-refractivity contribution is 7.99. The van der Waals surface area contributed by atoms with Crippen molar-refractivity contribution < 1.29 is 9.59 Å². The van der Waals surface area contributed by atoms with Crippen LogP contribution in [0.25, 0.3) is 0 Å². The van der Waals surface area contributed by atoms with Gasteiger partial charge >= 0.3 is 0 Å². The molecule has 6 heteroatoms. The number of unbranched alkanes of at least 4 members (excludes halogenated alkanes) is 1. The monoisotopic (exact) mass is 327 g/mol. The Morgan fingerprint density at radius 2 is 2.18 bits per heavy atom. The van der Waals surface area contributed by atoms with Crippen molar-refractivity contribution in [3.8, 4) is 0 Å². The Balaban J connectivity index is 1.96. The minimum atomic E-state index is -0.263. The molecule has 2 amide bonds. The van der Waals surface area contributed by atoms with E-state index in [0.717, 1.165) is 44.5 Å². The topological polar surface area (TPSA) is 66.6 Å². The molecule has 126 valence electrons. The first-order valence-corrected chi connectivity index (χ1v) is 9.61. The lowest BCUT2D eigenvalue weighted by Gasteiger charge is -2.37. The molecule has 0 aromatic carbocycles. The molecule has 2 N–H and O–H groups in total. The molecular formula is C16H29N3O2S. The van der Waals surface area contributed by atoms with E-state index in [2.05, 4.69) is 6.92 Å². The van der Waals surface area contributed by atoms with Gasteiger partial charge in [-0.1, -0.05) is 13.3 Å². The van der Waals surface area contributed by atoms with E-state index >= 15 is 0 Å². The van der Waals surface area contributed by atoms with Crippen LogP contribution in [-0.2, 0) is 9.59 Å². The van der Waals surface area contributed by atoms with Crippen molar-refractivity contribution in [3.05, 3.63) is 0 Å². The van der Waals surface area contributed by atoms with Gasteiger partial charge in [-0.3, -0.25) is 9.59 Å². The maximum Gasteiger partial charge on any atom is 0.246 e. The first-order valence-electron chi connectivity index (χ1n) is 8.46. The molecule has 0 aromatic rings. The van der Waals surface area contributed by atoms with Crippen molar-refractivity contribution in [2.75, 3.05) is 24.7 Å². The van der Waals surface area contributed by atoms with Crippen molar-refractivity contribution >= 4 is 23.6 Å². The highest BCUT2D eigenvalue weighted by Gasteiger charge is 2.38. The number of nitrogens with two attached hydrogens (primary N) is 1. The Morgan fingerprint density at radius 1 is 1.41 bits per heavy atom. The smallest absolute Gasteiger partial charge is 0.246 e. The first-order chi connectivity index (χ1) is 10.5. The first kappa shape index (κ1) is 17.6. The van der Waals surface area contributed by atoms with Gasteiger partial charge in [-0.15, -0.1) is 11.8 Å². The Kier molecular flexibility index (Phi) is 6.56. The van der Waals surface area contributed by atoms with E-state index in [1.54, 1.807) is 16.7 Å². The van der Waals surface area contributed by atoms with Crippen LogP contribution in [0.5, 0.6) is 0 Å². The minimum Gasteiger partial charge on any atom is -0.341 e. The Hall–Kier alpha value is -0.750. The average molecular weight is 327 g/mol. The van der Waals surface area contributed by atoms with Gasteiger partial charge in [-0.2, -0.15) is 0 Å². The lowest BCUT2D eigenvalue weighted by Crippen LogP contribution is -2.53. The van der Waals surface area contributed by atoms with Crippen molar-refractivity contribution in [3.63, 3.8) is 0 Å². The fourth-order valence-corrected chi connectivity index (χ4v) is 4.39. The zero-order valence-electron chi connectivity index (χ0n) is 13.8. The second kappa shape index (κ2) is 8.20. The van der Waals surface area contributed by atoms with Crippen molar-refractivity contribution in [1.29, 1.82) is 0 Å². The van der Waals surface area contributed by atoms with Crippen LogP contribution in [0.2, 0.25) is 0 Å². The summed E-state index contributed by atoms with van der Waals surface area (Å²) in [6, 6.07) is -0.142. The summed E-state index contributed by atoms with van der Waals surface area (Å²) < 4.78 is 0. The summed E-state index contributed by atoms with van der Waals surface area (Å²) in [4.78, 5) is 28.9. The predicted molar refractivity (Wildman–Crippen MR) is 90.4 cm³/mol. The van der Waals surface area contributed by atoms with E-state index in [0.29, 0.717) is 18.2 Å². The number of rotatable bonds is 5. The highest BCUT2D eigenvalue weighted by Crippen LogP contribution is 2.26. The quantitative estimate of drug-likeness (QED) is 0.834. The molecule has 22 heavy (non-hydrogen) atoms.